The summed E-state index contributed by atoms with van der Waals surface area (Å²) >= 11 is 5.95. The Kier molecular flexibility index (Phi) is 6.60. The molecule has 0 radical (unpaired) electrons. The van der Waals surface area contributed by atoms with Gasteiger partial charge in [-0.15, -0.1) is 0 Å². The topological polar surface area (TPSA) is 119 Å². The molecule has 0 aliphatic heterocycles. The van der Waals surface area contributed by atoms with Crippen LogP contribution >= 0.6 is 11.6 Å². The number of nitro benzene ring substituents is 1. The number of ether oxygens (including phenoxy) is 1. The zero-order valence-corrected chi connectivity index (χ0v) is 16.8. The fourth-order valence-corrected chi connectivity index (χ4v) is 3.30. The molecule has 1 atom stereocenters. The van der Waals surface area contributed by atoms with Gasteiger partial charge in [0.25, 0.3) is 11.6 Å². The van der Waals surface area contributed by atoms with Crippen LogP contribution in [0.5, 0.6) is 5.75 Å². The number of hydrogen-bond donors (Lipinski definition) is 1. The van der Waals surface area contributed by atoms with Crippen molar-refractivity contribution in [1.82, 2.24) is 4.31 Å². The van der Waals surface area contributed by atoms with Gasteiger partial charge in [-0.1, -0.05) is 17.7 Å². The van der Waals surface area contributed by atoms with E-state index in [1.54, 1.807) is 0 Å². The Labute approximate surface area is 167 Å². The zero-order chi connectivity index (χ0) is 21.1. The molecule has 28 heavy (non-hydrogen) atoms. The Balaban J connectivity index is 2.12. The van der Waals surface area contributed by atoms with Gasteiger partial charge >= 0.3 is 0 Å². The highest BCUT2D eigenvalue weighted by Gasteiger charge is 2.20. The third-order valence-corrected chi connectivity index (χ3v) is 5.79. The lowest BCUT2D eigenvalue weighted by atomic mass is 10.2. The number of hydrogen-bond acceptors (Lipinski definition) is 6. The second-order valence-corrected chi connectivity index (χ2v) is 8.50. The monoisotopic (exact) mass is 427 g/mol. The largest absolute Gasteiger partial charge is 0.479 e. The van der Waals surface area contributed by atoms with Crippen LogP contribution in [0.3, 0.4) is 0 Å². The molecule has 0 saturated carbocycles. The zero-order valence-electron chi connectivity index (χ0n) is 15.2. The summed E-state index contributed by atoms with van der Waals surface area (Å²) in [6.45, 7) is 1.47. The van der Waals surface area contributed by atoms with Crippen molar-refractivity contribution in [1.29, 1.82) is 0 Å². The van der Waals surface area contributed by atoms with E-state index < -0.39 is 27.0 Å². The van der Waals surface area contributed by atoms with Gasteiger partial charge in [0, 0.05) is 31.9 Å². The van der Waals surface area contributed by atoms with Crippen molar-refractivity contribution in [3.8, 4) is 5.75 Å². The molecule has 0 aliphatic carbocycles. The lowest BCUT2D eigenvalue weighted by Crippen LogP contribution is -2.30. The van der Waals surface area contributed by atoms with E-state index >= 15 is 0 Å². The molecule has 9 nitrogen and oxygen atoms in total. The Morgan fingerprint density at radius 3 is 2.50 bits per heavy atom. The SMILES string of the molecule is CC(Oc1ccc([N+](=O)[O-])cc1Cl)C(=O)Nc1cccc(S(=O)(=O)N(C)C)c1. The van der Waals surface area contributed by atoms with E-state index in [0.29, 0.717) is 0 Å². The molecule has 11 heteroatoms. The molecular weight excluding hydrogens is 410 g/mol. The van der Waals surface area contributed by atoms with E-state index in [1.807, 2.05) is 0 Å². The van der Waals surface area contributed by atoms with Crippen molar-refractivity contribution < 1.29 is 22.9 Å². The molecule has 1 N–H and O–H groups in total. The summed E-state index contributed by atoms with van der Waals surface area (Å²) in [6, 6.07) is 9.43. The molecule has 0 saturated heterocycles. The minimum Gasteiger partial charge on any atom is -0.479 e. The number of nitrogens with zero attached hydrogens (tertiary/aromatic N) is 2. The number of carbonyl (C=O) groups is 1. The minimum atomic E-state index is -3.64. The molecule has 150 valence electrons. The molecule has 0 aromatic heterocycles. The number of carbonyl (C=O) groups excluding carboxylic acids is 1. The summed E-state index contributed by atoms with van der Waals surface area (Å²) in [5, 5.41) is 13.3. The summed E-state index contributed by atoms with van der Waals surface area (Å²) in [4.78, 5) is 22.5. The van der Waals surface area contributed by atoms with Gasteiger partial charge in [-0.2, -0.15) is 0 Å². The molecule has 2 rings (SSSR count). The molecule has 0 heterocycles. The first-order valence-electron chi connectivity index (χ1n) is 7.96. The van der Waals surface area contributed by atoms with Crippen molar-refractivity contribution in [2.24, 2.45) is 0 Å². The number of halogens is 1. The first-order chi connectivity index (χ1) is 13.0. The number of sulfonamides is 1. The molecule has 0 spiro atoms. The first-order valence-corrected chi connectivity index (χ1v) is 9.78. The van der Waals surface area contributed by atoms with Crippen LogP contribution in [-0.2, 0) is 14.8 Å². The highest BCUT2D eigenvalue weighted by molar-refractivity contribution is 7.89. The fraction of sp³-hybridized carbons (Fsp3) is 0.235. The average molecular weight is 428 g/mol. The number of non-ortho nitro benzene ring substituents is 1. The van der Waals surface area contributed by atoms with Gasteiger partial charge in [-0.3, -0.25) is 14.9 Å². The predicted molar refractivity (Wildman–Crippen MR) is 104 cm³/mol. The van der Waals surface area contributed by atoms with Crippen molar-refractivity contribution >= 4 is 38.9 Å². The minimum absolute atomic E-state index is 0.00655. The molecule has 0 bridgehead atoms. The molecule has 1 unspecified atom stereocenters. The standard InChI is InChI=1S/C17H18ClN3O6S/c1-11(27-16-8-7-13(21(23)24)10-15(16)18)17(22)19-12-5-4-6-14(9-12)28(25,26)20(2)3/h4-11H,1-3H3,(H,19,22). The van der Waals surface area contributed by atoms with E-state index in [4.69, 9.17) is 16.3 Å². The van der Waals surface area contributed by atoms with E-state index in [0.717, 1.165) is 10.4 Å². The molecule has 0 aliphatic rings. The van der Waals surface area contributed by atoms with Crippen molar-refractivity contribution in [2.75, 3.05) is 19.4 Å². The van der Waals surface area contributed by atoms with Crippen LogP contribution in [0.2, 0.25) is 5.02 Å². The number of nitro groups is 1. The Morgan fingerprint density at radius 2 is 1.93 bits per heavy atom. The van der Waals surface area contributed by atoms with Crippen LogP contribution in [0, 0.1) is 10.1 Å². The van der Waals surface area contributed by atoms with E-state index in [2.05, 4.69) is 5.32 Å². The maximum atomic E-state index is 12.4. The molecule has 0 fully saturated rings. The quantitative estimate of drug-likeness (QED) is 0.536. The van der Waals surface area contributed by atoms with Crippen LogP contribution in [0.15, 0.2) is 47.4 Å². The summed E-state index contributed by atoms with van der Waals surface area (Å²) < 4.78 is 30.9. The molecule has 2 aromatic rings. The number of nitrogens with one attached hydrogen (secondary N) is 1. The molecular formula is C17H18ClN3O6S. The summed E-state index contributed by atoms with van der Waals surface area (Å²) in [5.41, 5.74) is 0.0755. The smallest absolute Gasteiger partial charge is 0.271 e. The number of anilines is 1. The third-order valence-electron chi connectivity index (χ3n) is 3.68. The van der Waals surface area contributed by atoms with Gasteiger partial charge in [-0.25, -0.2) is 12.7 Å². The van der Waals surface area contributed by atoms with Crippen LogP contribution in [0.25, 0.3) is 0 Å². The number of rotatable bonds is 7. The lowest BCUT2D eigenvalue weighted by molar-refractivity contribution is -0.384. The highest BCUT2D eigenvalue weighted by atomic mass is 35.5. The molecule has 2 aromatic carbocycles. The average Bonchev–Trinajstić information content (AvgIpc) is 2.63. The maximum Gasteiger partial charge on any atom is 0.271 e. The Bertz CT molecular complexity index is 1010. The highest BCUT2D eigenvalue weighted by Crippen LogP contribution is 2.29. The van der Waals surface area contributed by atoms with E-state index in [9.17, 15) is 23.3 Å². The lowest BCUT2D eigenvalue weighted by Gasteiger charge is -2.16. The van der Waals surface area contributed by atoms with Gasteiger partial charge in [0.15, 0.2) is 6.10 Å². The van der Waals surface area contributed by atoms with Crippen LogP contribution in [0.1, 0.15) is 6.92 Å². The van der Waals surface area contributed by atoms with Gasteiger partial charge < -0.3 is 10.1 Å². The number of amides is 1. The summed E-state index contributed by atoms with van der Waals surface area (Å²) in [5.74, 6) is -0.437. The van der Waals surface area contributed by atoms with Gasteiger partial charge in [0.2, 0.25) is 10.0 Å². The fourth-order valence-electron chi connectivity index (χ4n) is 2.13. The van der Waals surface area contributed by atoms with Crippen LogP contribution in [0.4, 0.5) is 11.4 Å². The van der Waals surface area contributed by atoms with Crippen LogP contribution < -0.4 is 10.1 Å². The molecule has 1 amide bonds. The van der Waals surface area contributed by atoms with Gasteiger partial charge in [-0.05, 0) is 31.2 Å². The second-order valence-electron chi connectivity index (χ2n) is 5.94. The number of benzene rings is 2. The van der Waals surface area contributed by atoms with E-state index in [1.165, 1.54) is 57.4 Å². The Hall–Kier alpha value is -2.69. The maximum absolute atomic E-state index is 12.4. The van der Waals surface area contributed by atoms with Crippen molar-refractivity contribution in [3.63, 3.8) is 0 Å². The second kappa shape index (κ2) is 8.55. The first kappa shape index (κ1) is 21.6. The van der Waals surface area contributed by atoms with Crippen molar-refractivity contribution in [2.45, 2.75) is 17.9 Å². The van der Waals surface area contributed by atoms with Gasteiger partial charge in [0.05, 0.1) is 14.8 Å². The van der Waals surface area contributed by atoms with Crippen LogP contribution in [-0.4, -0.2) is 43.8 Å². The third kappa shape index (κ3) is 4.97. The summed E-state index contributed by atoms with van der Waals surface area (Å²) in [6.07, 6.45) is -0.993. The van der Waals surface area contributed by atoms with E-state index in [-0.39, 0.29) is 27.0 Å². The normalized spacial score (nSPS) is 12.5. The Morgan fingerprint density at radius 1 is 1.25 bits per heavy atom. The predicted octanol–water partition coefficient (Wildman–Crippen LogP) is 2.90. The summed E-state index contributed by atoms with van der Waals surface area (Å²) in [7, 11) is -0.828. The van der Waals surface area contributed by atoms with Crippen molar-refractivity contribution in [3.05, 3.63) is 57.6 Å². The van der Waals surface area contributed by atoms with Gasteiger partial charge in [0.1, 0.15) is 5.75 Å².